The van der Waals surface area contributed by atoms with Gasteiger partial charge in [-0.2, -0.15) is 0 Å². The lowest BCUT2D eigenvalue weighted by Crippen LogP contribution is -2.25. The molecule has 17 heavy (non-hydrogen) atoms. The van der Waals surface area contributed by atoms with Gasteiger partial charge < -0.3 is 10.1 Å². The fraction of sp³-hybridized carbons (Fsp3) is 0.417. The minimum absolute atomic E-state index is 0.0662. The van der Waals surface area contributed by atoms with Gasteiger partial charge in [0.2, 0.25) is 0 Å². The van der Waals surface area contributed by atoms with Crippen LogP contribution in [0.1, 0.15) is 23.7 Å². The second kappa shape index (κ2) is 7.84. The second-order valence-electron chi connectivity index (χ2n) is 3.46. The molecule has 1 aromatic rings. The molecule has 0 atom stereocenters. The lowest BCUT2D eigenvalue weighted by molar-refractivity contribution is 0.0944. The van der Waals surface area contributed by atoms with E-state index in [1.54, 1.807) is 12.1 Å². The van der Waals surface area contributed by atoms with Crippen molar-refractivity contribution in [3.05, 3.63) is 32.7 Å². The Balaban J connectivity index is 2.41. The first-order chi connectivity index (χ1) is 8.13. The van der Waals surface area contributed by atoms with Gasteiger partial charge in [0.1, 0.15) is 0 Å². The molecule has 0 saturated heterocycles. The molecule has 0 aliphatic heterocycles. The summed E-state index contributed by atoms with van der Waals surface area (Å²) in [5.74, 6) is -0.0662. The van der Waals surface area contributed by atoms with Gasteiger partial charge in [0, 0.05) is 34.3 Å². The molecule has 1 amide bonds. The van der Waals surface area contributed by atoms with E-state index >= 15 is 0 Å². The Morgan fingerprint density at radius 2 is 1.94 bits per heavy atom. The molecule has 94 valence electrons. The topological polar surface area (TPSA) is 38.3 Å². The van der Waals surface area contributed by atoms with Crippen LogP contribution in [0.2, 0.25) is 0 Å². The highest BCUT2D eigenvalue weighted by molar-refractivity contribution is 9.11. The number of ether oxygens (including phenoxy) is 1. The van der Waals surface area contributed by atoms with Gasteiger partial charge in [-0.05, 0) is 31.5 Å². The summed E-state index contributed by atoms with van der Waals surface area (Å²) in [5, 5.41) is 2.85. The maximum atomic E-state index is 11.8. The van der Waals surface area contributed by atoms with Crippen molar-refractivity contribution in [3.8, 4) is 0 Å². The molecule has 0 heterocycles. The van der Waals surface area contributed by atoms with E-state index in [0.29, 0.717) is 25.3 Å². The summed E-state index contributed by atoms with van der Waals surface area (Å²) in [6, 6.07) is 5.48. The summed E-state index contributed by atoms with van der Waals surface area (Å²) >= 11 is 6.71. The van der Waals surface area contributed by atoms with Gasteiger partial charge in [-0.1, -0.05) is 31.9 Å². The Labute approximate surface area is 118 Å². The number of hydrogen-bond acceptors (Lipinski definition) is 2. The van der Waals surface area contributed by atoms with Gasteiger partial charge in [-0.15, -0.1) is 0 Å². The lowest BCUT2D eigenvalue weighted by Gasteiger charge is -2.06. The quantitative estimate of drug-likeness (QED) is 0.786. The summed E-state index contributed by atoms with van der Waals surface area (Å²) in [5.41, 5.74) is 0.641. The zero-order valence-corrected chi connectivity index (χ0v) is 12.8. The van der Waals surface area contributed by atoms with Crippen molar-refractivity contribution in [2.45, 2.75) is 13.3 Å². The average molecular weight is 365 g/mol. The maximum Gasteiger partial charge on any atom is 0.251 e. The molecule has 5 heteroatoms. The number of nitrogens with one attached hydrogen (secondary N) is 1. The molecule has 0 unspecified atom stereocenters. The third-order valence-electron chi connectivity index (χ3n) is 2.08. The normalized spacial score (nSPS) is 10.3. The molecule has 0 aliphatic carbocycles. The van der Waals surface area contributed by atoms with Crippen LogP contribution in [0.15, 0.2) is 27.1 Å². The number of benzene rings is 1. The fourth-order valence-electron chi connectivity index (χ4n) is 1.31. The van der Waals surface area contributed by atoms with Gasteiger partial charge in [0.25, 0.3) is 5.91 Å². The van der Waals surface area contributed by atoms with E-state index in [9.17, 15) is 4.79 Å². The highest BCUT2D eigenvalue weighted by Crippen LogP contribution is 2.19. The van der Waals surface area contributed by atoms with Gasteiger partial charge in [-0.3, -0.25) is 4.79 Å². The first-order valence-corrected chi connectivity index (χ1v) is 7.04. The predicted octanol–water partition coefficient (Wildman–Crippen LogP) is 3.37. The van der Waals surface area contributed by atoms with Gasteiger partial charge in [-0.25, -0.2) is 0 Å². The monoisotopic (exact) mass is 363 g/mol. The van der Waals surface area contributed by atoms with Crippen LogP contribution in [-0.2, 0) is 4.74 Å². The molecule has 0 radical (unpaired) electrons. The smallest absolute Gasteiger partial charge is 0.251 e. The SMILES string of the molecule is CCOCCCNC(=O)c1cc(Br)cc(Br)c1. The maximum absolute atomic E-state index is 11.8. The molecule has 0 bridgehead atoms. The summed E-state index contributed by atoms with van der Waals surface area (Å²) < 4.78 is 6.95. The number of carbonyl (C=O) groups excluding carboxylic acids is 1. The zero-order chi connectivity index (χ0) is 12.7. The average Bonchev–Trinajstić information content (AvgIpc) is 2.27. The highest BCUT2D eigenvalue weighted by atomic mass is 79.9. The Morgan fingerprint density at radius 1 is 1.29 bits per heavy atom. The summed E-state index contributed by atoms with van der Waals surface area (Å²) in [6.07, 6.45) is 0.828. The molecule has 0 spiro atoms. The van der Waals surface area contributed by atoms with Crippen molar-refractivity contribution in [2.24, 2.45) is 0 Å². The summed E-state index contributed by atoms with van der Waals surface area (Å²) in [7, 11) is 0. The van der Waals surface area contributed by atoms with Crippen LogP contribution in [0.4, 0.5) is 0 Å². The molecule has 1 aromatic carbocycles. The molecule has 1 rings (SSSR count). The molecular formula is C12H15Br2NO2. The summed E-state index contributed by atoms with van der Waals surface area (Å²) in [4.78, 5) is 11.8. The van der Waals surface area contributed by atoms with Crippen molar-refractivity contribution < 1.29 is 9.53 Å². The number of amides is 1. The molecule has 3 nitrogen and oxygen atoms in total. The van der Waals surface area contributed by atoms with Crippen molar-refractivity contribution in [1.29, 1.82) is 0 Å². The lowest BCUT2D eigenvalue weighted by atomic mass is 10.2. The van der Waals surface area contributed by atoms with E-state index in [-0.39, 0.29) is 5.91 Å². The number of hydrogen-bond donors (Lipinski definition) is 1. The molecular weight excluding hydrogens is 350 g/mol. The zero-order valence-electron chi connectivity index (χ0n) is 9.63. The van der Waals surface area contributed by atoms with Crippen LogP contribution in [0.25, 0.3) is 0 Å². The van der Waals surface area contributed by atoms with Gasteiger partial charge >= 0.3 is 0 Å². The molecule has 0 fully saturated rings. The first-order valence-electron chi connectivity index (χ1n) is 5.45. The number of rotatable bonds is 6. The standard InChI is InChI=1S/C12H15Br2NO2/c1-2-17-5-3-4-15-12(16)9-6-10(13)8-11(14)7-9/h6-8H,2-5H2,1H3,(H,15,16). The minimum atomic E-state index is -0.0662. The number of carbonyl (C=O) groups is 1. The van der Waals surface area contributed by atoms with E-state index in [4.69, 9.17) is 4.74 Å². The van der Waals surface area contributed by atoms with Crippen molar-refractivity contribution in [1.82, 2.24) is 5.32 Å². The van der Waals surface area contributed by atoms with Gasteiger partial charge in [0.05, 0.1) is 0 Å². The Hall–Kier alpha value is -0.390. The van der Waals surface area contributed by atoms with E-state index < -0.39 is 0 Å². The van der Waals surface area contributed by atoms with Crippen LogP contribution in [0, 0.1) is 0 Å². The Kier molecular flexibility index (Phi) is 6.77. The summed E-state index contributed by atoms with van der Waals surface area (Å²) in [6.45, 7) is 3.98. The second-order valence-corrected chi connectivity index (χ2v) is 5.30. The number of halogens is 2. The van der Waals surface area contributed by atoms with E-state index in [2.05, 4.69) is 37.2 Å². The third-order valence-corrected chi connectivity index (χ3v) is 3.00. The van der Waals surface area contributed by atoms with Crippen LogP contribution < -0.4 is 5.32 Å². The Morgan fingerprint density at radius 3 is 2.53 bits per heavy atom. The van der Waals surface area contributed by atoms with Gasteiger partial charge in [0.15, 0.2) is 0 Å². The third kappa shape index (κ3) is 5.66. The molecule has 1 N–H and O–H groups in total. The Bertz CT molecular complexity index is 363. The van der Waals surface area contributed by atoms with Crippen LogP contribution in [0.3, 0.4) is 0 Å². The van der Waals surface area contributed by atoms with Crippen LogP contribution in [0.5, 0.6) is 0 Å². The predicted molar refractivity (Wildman–Crippen MR) is 75.3 cm³/mol. The van der Waals surface area contributed by atoms with E-state index in [0.717, 1.165) is 15.4 Å². The van der Waals surface area contributed by atoms with Crippen molar-refractivity contribution in [3.63, 3.8) is 0 Å². The van der Waals surface area contributed by atoms with E-state index in [1.807, 2.05) is 13.0 Å². The molecule has 0 aromatic heterocycles. The minimum Gasteiger partial charge on any atom is -0.382 e. The van der Waals surface area contributed by atoms with E-state index in [1.165, 1.54) is 0 Å². The van der Waals surface area contributed by atoms with Crippen molar-refractivity contribution >= 4 is 37.8 Å². The fourth-order valence-corrected chi connectivity index (χ4v) is 2.60. The van der Waals surface area contributed by atoms with Crippen LogP contribution >= 0.6 is 31.9 Å². The molecule has 0 saturated carbocycles. The highest BCUT2D eigenvalue weighted by Gasteiger charge is 2.06. The largest absolute Gasteiger partial charge is 0.382 e. The molecule has 0 aliphatic rings. The van der Waals surface area contributed by atoms with Crippen LogP contribution in [-0.4, -0.2) is 25.7 Å². The first kappa shape index (κ1) is 14.7. The van der Waals surface area contributed by atoms with Crippen molar-refractivity contribution in [2.75, 3.05) is 19.8 Å².